The number of hydrogen-bond donors (Lipinski definition) is 3. The number of ether oxygens (including phenoxy) is 4. The van der Waals surface area contributed by atoms with Gasteiger partial charge in [-0.05, 0) is 53.6 Å². The molecule has 0 fully saturated rings. The van der Waals surface area contributed by atoms with Crippen molar-refractivity contribution < 1.29 is 34.0 Å². The van der Waals surface area contributed by atoms with E-state index in [0.29, 0.717) is 28.4 Å². The summed E-state index contributed by atoms with van der Waals surface area (Å²) >= 11 is 0. The highest BCUT2D eigenvalue weighted by Crippen LogP contribution is 2.40. The number of phenolic OH excluding ortho intramolecular Hbond substituents is 2. The van der Waals surface area contributed by atoms with Gasteiger partial charge < -0.3 is 34.5 Å². The zero-order valence-corrected chi connectivity index (χ0v) is 19.9. The van der Waals surface area contributed by atoms with E-state index < -0.39 is 5.91 Å². The van der Waals surface area contributed by atoms with Gasteiger partial charge in [-0.3, -0.25) is 4.79 Å². The standard InChI is InChI=1S/C27H27NO7/c1-32-21-12-11-19(10-8-18-15-22(33-2)27(35-4)23(16-18)34-3)25(26(21)31)28-24(30)13-9-17-6-5-7-20(29)14-17/h5-16,29,31H,1-4H3,(H,28,30)/b10-8-,13-9+. The van der Waals surface area contributed by atoms with Crippen molar-refractivity contribution in [2.24, 2.45) is 0 Å². The number of carbonyl (C=O) groups excluding carboxylic acids is 1. The molecule has 0 spiro atoms. The third kappa shape index (κ3) is 6.05. The predicted molar refractivity (Wildman–Crippen MR) is 135 cm³/mol. The maximum absolute atomic E-state index is 12.6. The molecule has 0 aliphatic rings. The first-order valence-electron chi connectivity index (χ1n) is 10.6. The molecule has 35 heavy (non-hydrogen) atoms. The molecule has 3 aromatic rings. The SMILES string of the molecule is COc1ccc(/C=C\c2cc(OC)c(OC)c(OC)c2)c(NC(=O)/C=C/c2cccc(O)c2)c1O. The molecule has 0 aliphatic heterocycles. The summed E-state index contributed by atoms with van der Waals surface area (Å²) in [5.41, 5.74) is 2.11. The Morgan fingerprint density at radius 3 is 2.06 bits per heavy atom. The van der Waals surface area contributed by atoms with Crippen molar-refractivity contribution in [3.05, 3.63) is 71.3 Å². The molecule has 8 nitrogen and oxygen atoms in total. The molecule has 0 heterocycles. The molecule has 3 rings (SSSR count). The average molecular weight is 478 g/mol. The number of phenols is 2. The van der Waals surface area contributed by atoms with Gasteiger partial charge in [-0.2, -0.15) is 0 Å². The van der Waals surface area contributed by atoms with E-state index in [2.05, 4.69) is 5.32 Å². The minimum atomic E-state index is -0.473. The minimum Gasteiger partial charge on any atom is -0.508 e. The average Bonchev–Trinajstić information content (AvgIpc) is 2.87. The van der Waals surface area contributed by atoms with Gasteiger partial charge in [0.05, 0.1) is 34.1 Å². The van der Waals surface area contributed by atoms with Crippen molar-refractivity contribution >= 4 is 29.8 Å². The number of amides is 1. The summed E-state index contributed by atoms with van der Waals surface area (Å²) in [6.07, 6.45) is 6.37. The van der Waals surface area contributed by atoms with Crippen molar-refractivity contribution in [1.82, 2.24) is 0 Å². The van der Waals surface area contributed by atoms with E-state index in [4.69, 9.17) is 18.9 Å². The van der Waals surface area contributed by atoms with E-state index in [-0.39, 0.29) is 22.9 Å². The fourth-order valence-electron chi connectivity index (χ4n) is 3.37. The lowest BCUT2D eigenvalue weighted by molar-refractivity contribution is -0.111. The zero-order chi connectivity index (χ0) is 25.4. The van der Waals surface area contributed by atoms with Crippen molar-refractivity contribution in [2.75, 3.05) is 33.8 Å². The molecule has 0 saturated carbocycles. The van der Waals surface area contributed by atoms with Gasteiger partial charge in [0.15, 0.2) is 23.0 Å². The van der Waals surface area contributed by atoms with E-state index in [1.165, 1.54) is 46.6 Å². The largest absolute Gasteiger partial charge is 0.508 e. The third-order valence-electron chi connectivity index (χ3n) is 5.08. The molecule has 1 amide bonds. The summed E-state index contributed by atoms with van der Waals surface area (Å²) in [7, 11) is 6.02. The summed E-state index contributed by atoms with van der Waals surface area (Å²) in [5.74, 6) is 1.09. The summed E-state index contributed by atoms with van der Waals surface area (Å²) < 4.78 is 21.3. The van der Waals surface area contributed by atoms with Crippen LogP contribution in [0.25, 0.3) is 18.2 Å². The Hall–Kier alpha value is -4.59. The van der Waals surface area contributed by atoms with Gasteiger partial charge in [-0.1, -0.05) is 24.3 Å². The number of rotatable bonds is 9. The normalized spacial score (nSPS) is 11.0. The van der Waals surface area contributed by atoms with Gasteiger partial charge >= 0.3 is 0 Å². The van der Waals surface area contributed by atoms with Crippen LogP contribution in [0.3, 0.4) is 0 Å². The van der Waals surface area contributed by atoms with E-state index >= 15 is 0 Å². The minimum absolute atomic E-state index is 0.0946. The van der Waals surface area contributed by atoms with Gasteiger partial charge in [0.2, 0.25) is 11.7 Å². The Morgan fingerprint density at radius 2 is 1.46 bits per heavy atom. The number of benzene rings is 3. The van der Waals surface area contributed by atoms with Crippen LogP contribution in [0.4, 0.5) is 5.69 Å². The summed E-state index contributed by atoms with van der Waals surface area (Å²) in [6.45, 7) is 0. The Bertz CT molecular complexity index is 1240. The number of aromatic hydroxyl groups is 2. The van der Waals surface area contributed by atoms with Gasteiger partial charge in [0.25, 0.3) is 0 Å². The molecule has 182 valence electrons. The number of methoxy groups -OCH3 is 4. The first-order chi connectivity index (χ1) is 16.9. The molecular formula is C27H27NO7. The van der Waals surface area contributed by atoms with Crippen LogP contribution >= 0.6 is 0 Å². The second kappa shape index (κ2) is 11.5. The Morgan fingerprint density at radius 1 is 0.771 bits per heavy atom. The Kier molecular flexibility index (Phi) is 8.24. The van der Waals surface area contributed by atoms with Crippen molar-refractivity contribution in [3.63, 3.8) is 0 Å². The van der Waals surface area contributed by atoms with E-state index in [1.54, 1.807) is 54.6 Å². The first kappa shape index (κ1) is 25.0. The van der Waals surface area contributed by atoms with Gasteiger partial charge in [-0.25, -0.2) is 0 Å². The predicted octanol–water partition coefficient (Wildman–Crippen LogP) is 4.95. The van der Waals surface area contributed by atoms with Crippen LogP contribution in [0.1, 0.15) is 16.7 Å². The molecule has 0 saturated heterocycles. The van der Waals surface area contributed by atoms with Gasteiger partial charge in [0, 0.05) is 11.6 Å². The number of hydrogen-bond acceptors (Lipinski definition) is 7. The topological polar surface area (TPSA) is 106 Å². The maximum atomic E-state index is 12.6. The molecule has 8 heteroatoms. The first-order valence-corrected chi connectivity index (χ1v) is 10.6. The number of anilines is 1. The fraction of sp³-hybridized carbons (Fsp3) is 0.148. The number of nitrogens with one attached hydrogen (secondary N) is 1. The third-order valence-corrected chi connectivity index (χ3v) is 5.08. The van der Waals surface area contributed by atoms with Crippen LogP contribution in [0.15, 0.2) is 54.6 Å². The molecule has 0 radical (unpaired) electrons. The molecule has 0 unspecified atom stereocenters. The highest BCUT2D eigenvalue weighted by atomic mass is 16.5. The lowest BCUT2D eigenvalue weighted by Gasteiger charge is -2.14. The fourth-order valence-corrected chi connectivity index (χ4v) is 3.37. The Labute approximate surface area is 203 Å². The molecular weight excluding hydrogens is 450 g/mol. The summed E-state index contributed by atoms with van der Waals surface area (Å²) in [4.78, 5) is 12.6. The second-order valence-corrected chi connectivity index (χ2v) is 7.29. The highest BCUT2D eigenvalue weighted by Gasteiger charge is 2.15. The maximum Gasteiger partial charge on any atom is 0.248 e. The molecule has 0 bridgehead atoms. The monoisotopic (exact) mass is 477 g/mol. The van der Waals surface area contributed by atoms with E-state index in [0.717, 1.165) is 5.56 Å². The number of carbonyl (C=O) groups is 1. The van der Waals surface area contributed by atoms with Crippen LogP contribution < -0.4 is 24.3 Å². The van der Waals surface area contributed by atoms with Gasteiger partial charge in [0.1, 0.15) is 5.75 Å². The van der Waals surface area contributed by atoms with Crippen LogP contribution in [-0.4, -0.2) is 44.6 Å². The molecule has 3 N–H and O–H groups in total. The van der Waals surface area contributed by atoms with Crippen molar-refractivity contribution in [3.8, 4) is 34.5 Å². The smallest absolute Gasteiger partial charge is 0.248 e. The lowest BCUT2D eigenvalue weighted by atomic mass is 10.1. The van der Waals surface area contributed by atoms with E-state index in [1.807, 2.05) is 0 Å². The second-order valence-electron chi connectivity index (χ2n) is 7.29. The van der Waals surface area contributed by atoms with Crippen LogP contribution in [-0.2, 0) is 4.79 Å². The van der Waals surface area contributed by atoms with Crippen LogP contribution in [0.5, 0.6) is 34.5 Å². The van der Waals surface area contributed by atoms with Crippen LogP contribution in [0, 0.1) is 0 Å². The zero-order valence-electron chi connectivity index (χ0n) is 19.9. The highest BCUT2D eigenvalue weighted by molar-refractivity contribution is 6.04. The summed E-state index contributed by atoms with van der Waals surface area (Å²) in [6, 6.07) is 13.3. The lowest BCUT2D eigenvalue weighted by Crippen LogP contribution is -2.09. The summed E-state index contributed by atoms with van der Waals surface area (Å²) in [5, 5.41) is 23.0. The molecule has 0 aromatic heterocycles. The van der Waals surface area contributed by atoms with Gasteiger partial charge in [-0.15, -0.1) is 0 Å². The van der Waals surface area contributed by atoms with Crippen molar-refractivity contribution in [1.29, 1.82) is 0 Å². The molecule has 0 atom stereocenters. The van der Waals surface area contributed by atoms with Crippen LogP contribution in [0.2, 0.25) is 0 Å². The van der Waals surface area contributed by atoms with E-state index in [9.17, 15) is 15.0 Å². The molecule has 0 aliphatic carbocycles. The Balaban J connectivity index is 1.93. The molecule has 3 aromatic carbocycles. The quantitative estimate of drug-likeness (QED) is 0.227. The van der Waals surface area contributed by atoms with Crippen molar-refractivity contribution in [2.45, 2.75) is 0 Å².